The van der Waals surface area contributed by atoms with E-state index in [1.165, 1.54) is 24.3 Å². The minimum atomic E-state index is -0.651. The summed E-state index contributed by atoms with van der Waals surface area (Å²) in [6.07, 6.45) is 0. The van der Waals surface area contributed by atoms with Crippen molar-refractivity contribution in [3.8, 4) is 23.0 Å². The summed E-state index contributed by atoms with van der Waals surface area (Å²) in [4.78, 5) is 12.0. The first-order chi connectivity index (χ1) is 10.5. The Kier molecular flexibility index (Phi) is 3.14. The van der Waals surface area contributed by atoms with Crippen LogP contribution < -0.4 is 0 Å². The van der Waals surface area contributed by atoms with E-state index in [4.69, 9.17) is 4.74 Å². The van der Waals surface area contributed by atoms with E-state index in [0.29, 0.717) is 11.1 Å². The number of aromatic hydroxyl groups is 4. The molecule has 0 amide bonds. The van der Waals surface area contributed by atoms with Gasteiger partial charge in [-0.2, -0.15) is 0 Å². The highest BCUT2D eigenvalue weighted by molar-refractivity contribution is 6.27. The average molecular weight is 300 g/mol. The molecule has 6 heteroatoms. The van der Waals surface area contributed by atoms with Gasteiger partial charge in [0.25, 0.3) is 0 Å². The van der Waals surface area contributed by atoms with Gasteiger partial charge in [0, 0.05) is 5.57 Å². The first-order valence-electron chi connectivity index (χ1n) is 6.42. The smallest absolute Gasteiger partial charge is 0.339 e. The molecular weight excluding hydrogens is 288 g/mol. The van der Waals surface area contributed by atoms with Gasteiger partial charge >= 0.3 is 5.97 Å². The summed E-state index contributed by atoms with van der Waals surface area (Å²) in [5.41, 5.74) is 1.66. The number of phenolic OH excluding ortho intramolecular Hbond substituents is 4. The molecule has 0 unspecified atom stereocenters. The van der Waals surface area contributed by atoms with Gasteiger partial charge in [-0.3, -0.25) is 0 Å². The van der Waals surface area contributed by atoms with Gasteiger partial charge in [0.1, 0.15) is 12.4 Å². The molecule has 2 aromatic rings. The third kappa shape index (κ3) is 2.20. The van der Waals surface area contributed by atoms with Crippen LogP contribution in [0.5, 0.6) is 23.0 Å². The fraction of sp³-hybridized carbons (Fsp3) is 0.0625. The van der Waals surface area contributed by atoms with Gasteiger partial charge in [0.15, 0.2) is 17.2 Å². The molecule has 0 bridgehead atoms. The Bertz CT molecular complexity index is 766. The molecule has 1 aliphatic heterocycles. The number of carbonyl (C=O) groups is 1. The lowest BCUT2D eigenvalue weighted by Crippen LogP contribution is -1.98. The zero-order valence-corrected chi connectivity index (χ0v) is 11.3. The summed E-state index contributed by atoms with van der Waals surface area (Å²) < 4.78 is 5.03. The Balaban J connectivity index is 2.18. The van der Waals surface area contributed by atoms with Crippen LogP contribution in [0, 0.1) is 0 Å². The predicted molar refractivity (Wildman–Crippen MR) is 77.3 cm³/mol. The van der Waals surface area contributed by atoms with Crippen molar-refractivity contribution in [1.82, 2.24) is 0 Å². The van der Waals surface area contributed by atoms with Crippen molar-refractivity contribution in [2.24, 2.45) is 0 Å². The summed E-state index contributed by atoms with van der Waals surface area (Å²) >= 11 is 0. The largest absolute Gasteiger partial charge is 0.508 e. The van der Waals surface area contributed by atoms with E-state index in [-0.39, 0.29) is 23.5 Å². The van der Waals surface area contributed by atoms with Crippen molar-refractivity contribution in [3.05, 3.63) is 47.5 Å². The minimum Gasteiger partial charge on any atom is -0.508 e. The quantitative estimate of drug-likeness (QED) is 0.499. The van der Waals surface area contributed by atoms with Crippen molar-refractivity contribution in [2.45, 2.75) is 0 Å². The van der Waals surface area contributed by atoms with Crippen LogP contribution in [0.15, 0.2) is 36.4 Å². The molecule has 0 saturated heterocycles. The van der Waals surface area contributed by atoms with E-state index < -0.39 is 23.2 Å². The Morgan fingerprint density at radius 2 is 1.45 bits per heavy atom. The van der Waals surface area contributed by atoms with E-state index in [1.807, 2.05) is 0 Å². The first-order valence-corrected chi connectivity index (χ1v) is 6.42. The zero-order chi connectivity index (χ0) is 15.9. The van der Waals surface area contributed by atoms with Crippen LogP contribution in [0.4, 0.5) is 0 Å². The molecule has 6 nitrogen and oxygen atoms in total. The highest BCUT2D eigenvalue weighted by Crippen LogP contribution is 2.41. The molecule has 0 fully saturated rings. The maximum Gasteiger partial charge on any atom is 0.339 e. The lowest BCUT2D eigenvalue weighted by Gasteiger charge is -2.07. The Labute approximate surface area is 125 Å². The summed E-state index contributed by atoms with van der Waals surface area (Å²) in [5, 5.41) is 37.9. The van der Waals surface area contributed by atoms with Gasteiger partial charge < -0.3 is 25.2 Å². The Morgan fingerprint density at radius 3 is 2.05 bits per heavy atom. The maximum absolute atomic E-state index is 12.0. The second kappa shape index (κ2) is 5.00. The van der Waals surface area contributed by atoms with E-state index in [1.54, 1.807) is 12.1 Å². The van der Waals surface area contributed by atoms with Gasteiger partial charge in [-0.15, -0.1) is 0 Å². The molecule has 0 aromatic heterocycles. The van der Waals surface area contributed by atoms with Crippen molar-refractivity contribution in [2.75, 3.05) is 6.61 Å². The molecule has 0 saturated carbocycles. The predicted octanol–water partition coefficient (Wildman–Crippen LogP) is 1.98. The molecule has 1 aliphatic rings. The van der Waals surface area contributed by atoms with Crippen molar-refractivity contribution in [1.29, 1.82) is 0 Å². The van der Waals surface area contributed by atoms with E-state index in [0.717, 1.165) is 0 Å². The zero-order valence-electron chi connectivity index (χ0n) is 11.3. The number of esters is 1. The van der Waals surface area contributed by atoms with Crippen LogP contribution in [0.3, 0.4) is 0 Å². The highest BCUT2D eigenvalue weighted by Gasteiger charge is 2.28. The number of carbonyl (C=O) groups excluding carboxylic acids is 1. The Morgan fingerprint density at radius 1 is 0.864 bits per heavy atom. The van der Waals surface area contributed by atoms with Crippen LogP contribution >= 0.6 is 0 Å². The number of benzene rings is 2. The van der Waals surface area contributed by atoms with Crippen LogP contribution in [0.1, 0.15) is 11.1 Å². The van der Waals surface area contributed by atoms with Crippen molar-refractivity contribution >= 4 is 17.1 Å². The van der Waals surface area contributed by atoms with E-state index >= 15 is 0 Å². The van der Waals surface area contributed by atoms with Crippen LogP contribution in [-0.2, 0) is 9.53 Å². The summed E-state index contributed by atoms with van der Waals surface area (Å²) in [5.74, 6) is -2.22. The van der Waals surface area contributed by atoms with Crippen LogP contribution in [0.25, 0.3) is 11.1 Å². The Hall–Kier alpha value is -3.15. The van der Waals surface area contributed by atoms with Gasteiger partial charge in [-0.1, -0.05) is 12.1 Å². The number of phenols is 4. The second-order valence-corrected chi connectivity index (χ2v) is 4.84. The third-order valence-corrected chi connectivity index (χ3v) is 3.43. The minimum absolute atomic E-state index is 0.0430. The molecule has 2 aromatic carbocycles. The van der Waals surface area contributed by atoms with Gasteiger partial charge in [-0.05, 0) is 35.4 Å². The van der Waals surface area contributed by atoms with Crippen LogP contribution in [-0.4, -0.2) is 33.0 Å². The topological polar surface area (TPSA) is 107 Å². The fourth-order valence-electron chi connectivity index (χ4n) is 2.34. The summed E-state index contributed by atoms with van der Waals surface area (Å²) in [6, 6.07) is 8.58. The lowest BCUT2D eigenvalue weighted by molar-refractivity contribution is -0.133. The molecule has 0 aliphatic carbocycles. The lowest BCUT2D eigenvalue weighted by atomic mass is 9.96. The SMILES string of the molecule is O=C1OCC(c2ccc(O)cc2)=C1c1cc(O)c(O)c(O)c1. The van der Waals surface area contributed by atoms with Gasteiger partial charge in [-0.25, -0.2) is 4.79 Å². The normalized spacial score (nSPS) is 14.3. The standard InChI is InChI=1S/C16H12O6/c17-10-3-1-8(2-4-10)11-7-22-16(21)14(11)9-5-12(18)15(20)13(19)6-9/h1-6,17-20H,7H2. The molecule has 3 rings (SSSR count). The number of ether oxygens (including phenoxy) is 1. The molecule has 0 atom stereocenters. The fourth-order valence-corrected chi connectivity index (χ4v) is 2.34. The summed E-state index contributed by atoms with van der Waals surface area (Å²) in [7, 11) is 0. The maximum atomic E-state index is 12.0. The van der Waals surface area contributed by atoms with Gasteiger partial charge in [0.2, 0.25) is 0 Å². The first kappa shape index (κ1) is 13.8. The number of hydrogen-bond acceptors (Lipinski definition) is 6. The highest BCUT2D eigenvalue weighted by atomic mass is 16.5. The monoisotopic (exact) mass is 300 g/mol. The molecule has 112 valence electrons. The number of rotatable bonds is 2. The average Bonchev–Trinajstić information content (AvgIpc) is 2.87. The van der Waals surface area contributed by atoms with Crippen molar-refractivity contribution < 1.29 is 30.0 Å². The molecular formula is C16H12O6. The van der Waals surface area contributed by atoms with Gasteiger partial charge in [0.05, 0.1) is 5.57 Å². The summed E-state index contributed by atoms with van der Waals surface area (Å²) in [6.45, 7) is 0.0430. The third-order valence-electron chi connectivity index (χ3n) is 3.43. The van der Waals surface area contributed by atoms with Crippen LogP contribution in [0.2, 0.25) is 0 Å². The molecule has 4 N–H and O–H groups in total. The molecule has 0 spiro atoms. The second-order valence-electron chi connectivity index (χ2n) is 4.84. The molecule has 1 heterocycles. The molecule has 22 heavy (non-hydrogen) atoms. The van der Waals surface area contributed by atoms with E-state index in [9.17, 15) is 25.2 Å². The van der Waals surface area contributed by atoms with Crippen molar-refractivity contribution in [3.63, 3.8) is 0 Å². The number of cyclic esters (lactones) is 1. The number of hydrogen-bond donors (Lipinski definition) is 4. The van der Waals surface area contributed by atoms with E-state index in [2.05, 4.69) is 0 Å². The molecule has 0 radical (unpaired) electrons.